The zero-order chi connectivity index (χ0) is 29.3. The van der Waals surface area contributed by atoms with Crippen LogP contribution in [0.1, 0.15) is 41.1 Å². The number of aromatic nitrogens is 2. The lowest BCUT2D eigenvalue weighted by atomic mass is 9.75. The van der Waals surface area contributed by atoms with Crippen LogP contribution in [0, 0.1) is 11.3 Å². The summed E-state index contributed by atoms with van der Waals surface area (Å²) in [5, 5.41) is 22.3. The Hall–Kier alpha value is -3.89. The van der Waals surface area contributed by atoms with E-state index in [9.17, 15) is 19.6 Å². The molecule has 2 aliphatic rings. The fourth-order valence-electron chi connectivity index (χ4n) is 4.85. The first-order valence-electron chi connectivity index (χ1n) is 12.3. The highest BCUT2D eigenvalue weighted by Crippen LogP contribution is 2.49. The molecule has 2 heterocycles. The average molecular weight is 627 g/mol. The number of Topliss-reactive ketones (excluding diaryl/α,β-unsaturated/α-hetero) is 1. The van der Waals surface area contributed by atoms with E-state index in [1.807, 2.05) is 0 Å². The first-order valence-corrected chi connectivity index (χ1v) is 14.8. The number of benzene rings is 2. The molecule has 0 saturated carbocycles. The van der Waals surface area contributed by atoms with E-state index in [2.05, 4.69) is 21.6 Å². The maximum absolute atomic E-state index is 13.3. The number of rotatable bonds is 7. The van der Waals surface area contributed by atoms with Gasteiger partial charge in [-0.15, -0.1) is 10.2 Å². The van der Waals surface area contributed by atoms with E-state index in [0.717, 1.165) is 23.1 Å². The van der Waals surface area contributed by atoms with Crippen molar-refractivity contribution in [3.63, 3.8) is 0 Å². The number of primary amides is 1. The van der Waals surface area contributed by atoms with E-state index in [1.165, 1.54) is 6.07 Å². The van der Waals surface area contributed by atoms with E-state index < -0.39 is 11.8 Å². The maximum Gasteiger partial charge on any atom is 0.250 e. The monoisotopic (exact) mass is 625 g/mol. The van der Waals surface area contributed by atoms with Crippen LogP contribution < -0.4 is 21.7 Å². The summed E-state index contributed by atoms with van der Waals surface area (Å²) in [6.45, 7) is 0. The molecule has 5 N–H and O–H groups in total. The second-order valence-corrected chi connectivity index (χ2v) is 12.0. The molecule has 14 heteroatoms. The van der Waals surface area contributed by atoms with Crippen LogP contribution in [-0.2, 0) is 9.59 Å². The highest BCUT2D eigenvalue weighted by atomic mass is 35.5. The van der Waals surface area contributed by atoms with Crippen molar-refractivity contribution in [1.82, 2.24) is 10.2 Å². The second-order valence-electron chi connectivity index (χ2n) is 9.05. The van der Waals surface area contributed by atoms with Crippen LogP contribution in [0.25, 0.3) is 0 Å². The van der Waals surface area contributed by atoms with Crippen LogP contribution in [0.5, 0.6) is 0 Å². The lowest BCUT2D eigenvalue weighted by Gasteiger charge is -2.38. The van der Waals surface area contributed by atoms with Crippen molar-refractivity contribution in [3.05, 3.63) is 86.3 Å². The van der Waals surface area contributed by atoms with Gasteiger partial charge in [0.05, 0.1) is 34.6 Å². The minimum Gasteiger partial charge on any atom is -0.384 e. The van der Waals surface area contributed by atoms with Crippen LogP contribution in [0.4, 0.5) is 10.8 Å². The number of carbonyl (C=O) groups is 3. The minimum atomic E-state index is -0.811. The molecule has 1 unspecified atom stereocenters. The SMILES string of the molecule is N#CC1=C(N)N(c2nnc(SCC(=O)Nc3ccccc3C(N)=O)s2)C2=C(C(=O)CCC2)C1c1c(Cl)cccc1Cl. The molecule has 3 aromatic rings. The van der Waals surface area contributed by atoms with Gasteiger partial charge in [0.2, 0.25) is 11.0 Å². The molecule has 1 aliphatic heterocycles. The molecule has 5 rings (SSSR count). The van der Waals surface area contributed by atoms with E-state index >= 15 is 0 Å². The number of halogens is 2. The Kier molecular flexibility index (Phi) is 8.32. The van der Waals surface area contributed by atoms with Gasteiger partial charge >= 0.3 is 0 Å². The van der Waals surface area contributed by atoms with Gasteiger partial charge in [0.1, 0.15) is 5.82 Å². The van der Waals surface area contributed by atoms with Crippen molar-refractivity contribution in [2.45, 2.75) is 29.5 Å². The summed E-state index contributed by atoms with van der Waals surface area (Å²) in [6, 6.07) is 13.6. The fraction of sp³-hybridized carbons (Fsp3) is 0.185. The Morgan fingerprint density at radius 3 is 2.59 bits per heavy atom. The smallest absolute Gasteiger partial charge is 0.250 e. The van der Waals surface area contributed by atoms with E-state index in [0.29, 0.717) is 61.3 Å². The van der Waals surface area contributed by atoms with Crippen LogP contribution >= 0.6 is 46.3 Å². The summed E-state index contributed by atoms with van der Waals surface area (Å²) in [5.74, 6) is -1.86. The van der Waals surface area contributed by atoms with Crippen molar-refractivity contribution in [1.29, 1.82) is 5.26 Å². The molecular formula is C27H21Cl2N7O3S2. The van der Waals surface area contributed by atoms with Crippen molar-refractivity contribution >= 4 is 74.7 Å². The number of ketones is 1. The summed E-state index contributed by atoms with van der Waals surface area (Å²) in [5.41, 5.74) is 14.1. The fourth-order valence-corrected chi connectivity index (χ4v) is 7.15. The standard InChI is InChI=1S/C27H21Cl2N7O3S2/c28-15-6-3-7-16(29)22(15)21-14(11-30)24(31)36(18-9-4-10-19(37)23(18)21)26-34-35-27(41-26)40-12-20(38)33-17-8-2-1-5-13(17)25(32)39/h1-3,5-8,21H,4,9-10,12,31H2,(H2,32,39)(H,33,38). The zero-order valence-electron chi connectivity index (χ0n) is 21.2. The van der Waals surface area contributed by atoms with Crippen molar-refractivity contribution in [2.24, 2.45) is 11.5 Å². The van der Waals surface area contributed by atoms with Gasteiger partial charge in [0.25, 0.3) is 5.91 Å². The molecule has 208 valence electrons. The van der Waals surface area contributed by atoms with Crippen LogP contribution in [0.2, 0.25) is 10.0 Å². The van der Waals surface area contributed by atoms with Gasteiger partial charge in [0.15, 0.2) is 10.1 Å². The molecule has 0 spiro atoms. The zero-order valence-corrected chi connectivity index (χ0v) is 24.3. The molecule has 10 nitrogen and oxygen atoms in total. The Labute approximate surface area is 253 Å². The third kappa shape index (κ3) is 5.54. The Morgan fingerprint density at radius 2 is 1.88 bits per heavy atom. The molecule has 1 aromatic heterocycles. The van der Waals surface area contributed by atoms with Gasteiger partial charge in [-0.2, -0.15) is 5.26 Å². The Morgan fingerprint density at radius 1 is 1.15 bits per heavy atom. The first kappa shape index (κ1) is 28.6. The number of anilines is 2. The molecule has 0 saturated heterocycles. The van der Waals surface area contributed by atoms with Crippen LogP contribution in [0.15, 0.2) is 69.5 Å². The molecule has 41 heavy (non-hydrogen) atoms. The molecule has 0 fully saturated rings. The van der Waals surface area contributed by atoms with Gasteiger partial charge in [-0.1, -0.05) is 64.5 Å². The van der Waals surface area contributed by atoms with E-state index in [-0.39, 0.29) is 34.4 Å². The molecule has 1 atom stereocenters. The summed E-state index contributed by atoms with van der Waals surface area (Å²) in [7, 11) is 0. The molecule has 2 aromatic carbocycles. The summed E-state index contributed by atoms with van der Waals surface area (Å²) in [6.07, 6.45) is 1.43. The van der Waals surface area contributed by atoms with Gasteiger partial charge < -0.3 is 16.8 Å². The third-order valence-corrected chi connectivity index (χ3v) is 9.28. The predicted octanol–water partition coefficient (Wildman–Crippen LogP) is 4.98. The van der Waals surface area contributed by atoms with E-state index in [1.54, 1.807) is 41.3 Å². The van der Waals surface area contributed by atoms with Gasteiger partial charge in [-0.3, -0.25) is 19.3 Å². The van der Waals surface area contributed by atoms with Crippen LogP contribution in [-0.4, -0.2) is 33.5 Å². The largest absolute Gasteiger partial charge is 0.384 e. The minimum absolute atomic E-state index is 0.0178. The number of para-hydroxylation sites is 1. The van der Waals surface area contributed by atoms with Gasteiger partial charge in [-0.05, 0) is 37.1 Å². The number of allylic oxidation sites excluding steroid dienone is 3. The average Bonchev–Trinajstić information content (AvgIpc) is 3.40. The summed E-state index contributed by atoms with van der Waals surface area (Å²) < 4.78 is 0.463. The Bertz CT molecular complexity index is 1680. The number of nitrogens with two attached hydrogens (primary N) is 2. The van der Waals surface area contributed by atoms with Crippen molar-refractivity contribution in [3.8, 4) is 6.07 Å². The number of hydrogen-bond acceptors (Lipinski definition) is 10. The molecular weight excluding hydrogens is 605 g/mol. The first-order chi connectivity index (χ1) is 19.7. The molecule has 0 radical (unpaired) electrons. The maximum atomic E-state index is 13.3. The number of thioether (sulfide) groups is 1. The number of nitriles is 1. The number of nitrogens with zero attached hydrogens (tertiary/aromatic N) is 4. The predicted molar refractivity (Wildman–Crippen MR) is 159 cm³/mol. The lowest BCUT2D eigenvalue weighted by Crippen LogP contribution is -2.38. The molecule has 1 aliphatic carbocycles. The number of nitrogens with one attached hydrogen (secondary N) is 1. The Balaban J connectivity index is 1.43. The van der Waals surface area contributed by atoms with Crippen LogP contribution in [0.3, 0.4) is 0 Å². The number of amides is 2. The number of carbonyl (C=O) groups excluding carboxylic acids is 3. The van der Waals surface area contributed by atoms with Gasteiger partial charge in [0, 0.05) is 33.3 Å². The third-order valence-electron chi connectivity index (χ3n) is 6.58. The normalized spacial score (nSPS) is 16.9. The van der Waals surface area contributed by atoms with E-state index in [4.69, 9.17) is 34.7 Å². The molecule has 0 bridgehead atoms. The van der Waals surface area contributed by atoms with Gasteiger partial charge in [-0.25, -0.2) is 0 Å². The lowest BCUT2D eigenvalue weighted by molar-refractivity contribution is -0.116. The summed E-state index contributed by atoms with van der Waals surface area (Å²) in [4.78, 5) is 39.1. The highest BCUT2D eigenvalue weighted by molar-refractivity contribution is 8.01. The highest BCUT2D eigenvalue weighted by Gasteiger charge is 2.42. The van der Waals surface area contributed by atoms with Crippen molar-refractivity contribution < 1.29 is 14.4 Å². The second kappa shape index (κ2) is 11.9. The van der Waals surface area contributed by atoms with Crippen molar-refractivity contribution in [2.75, 3.05) is 16.0 Å². The number of hydrogen-bond donors (Lipinski definition) is 3. The molecule has 2 amide bonds. The topological polar surface area (TPSA) is 168 Å². The quantitative estimate of drug-likeness (QED) is 0.306. The summed E-state index contributed by atoms with van der Waals surface area (Å²) >= 11 is 15.3.